The third-order valence-corrected chi connectivity index (χ3v) is 5.90. The van der Waals surface area contributed by atoms with E-state index in [1.54, 1.807) is 29.4 Å². The van der Waals surface area contributed by atoms with Gasteiger partial charge < -0.3 is 20.4 Å². The summed E-state index contributed by atoms with van der Waals surface area (Å²) < 4.78 is 0. The number of nitrogens with zero attached hydrogens (tertiary/aromatic N) is 5. The Bertz CT molecular complexity index is 993. The fourth-order valence-corrected chi connectivity index (χ4v) is 4.17. The molecule has 1 aromatic heterocycles. The minimum atomic E-state index is -0.810. The average Bonchev–Trinajstić information content (AvgIpc) is 2.81. The number of amides is 3. The molecule has 10 heteroatoms. The van der Waals surface area contributed by atoms with Crippen LogP contribution in [-0.4, -0.2) is 89.3 Å². The summed E-state index contributed by atoms with van der Waals surface area (Å²) in [6.45, 7) is 5.78. The van der Waals surface area contributed by atoms with Gasteiger partial charge in [-0.1, -0.05) is 12.1 Å². The van der Waals surface area contributed by atoms with Crippen molar-refractivity contribution in [1.82, 2.24) is 25.1 Å². The number of benzene rings is 1. The van der Waals surface area contributed by atoms with E-state index in [9.17, 15) is 14.4 Å². The largest absolute Gasteiger partial charge is 0.353 e. The summed E-state index contributed by atoms with van der Waals surface area (Å²) in [4.78, 5) is 52.5. The Labute approximate surface area is 193 Å². The number of carbonyl (C=O) groups is 3. The van der Waals surface area contributed by atoms with Crippen molar-refractivity contribution in [3.63, 3.8) is 0 Å². The fraction of sp³-hybridized carbons (Fsp3) is 0.435. The van der Waals surface area contributed by atoms with Crippen LogP contribution in [0.25, 0.3) is 0 Å². The van der Waals surface area contributed by atoms with Gasteiger partial charge >= 0.3 is 0 Å². The molecule has 33 heavy (non-hydrogen) atoms. The SMILES string of the molecule is Cc1cccc(NC(=O)C[C@@H]2C(=O)NCCN2C(=O)CN2CCN(c3ncccn3)CC2)c1. The first-order chi connectivity index (χ1) is 16.0. The van der Waals surface area contributed by atoms with Gasteiger partial charge in [-0.25, -0.2) is 9.97 Å². The highest BCUT2D eigenvalue weighted by Gasteiger charge is 2.35. The second kappa shape index (κ2) is 10.4. The first kappa shape index (κ1) is 22.7. The molecule has 174 valence electrons. The van der Waals surface area contributed by atoms with Crippen molar-refractivity contribution in [2.24, 2.45) is 0 Å². The lowest BCUT2D eigenvalue weighted by molar-refractivity contribution is -0.145. The van der Waals surface area contributed by atoms with Crippen LogP contribution in [0.5, 0.6) is 0 Å². The van der Waals surface area contributed by atoms with E-state index in [4.69, 9.17) is 0 Å². The number of hydrogen-bond donors (Lipinski definition) is 2. The highest BCUT2D eigenvalue weighted by Crippen LogP contribution is 2.15. The molecule has 3 amide bonds. The zero-order valence-corrected chi connectivity index (χ0v) is 18.7. The van der Waals surface area contributed by atoms with Crippen LogP contribution < -0.4 is 15.5 Å². The number of anilines is 2. The summed E-state index contributed by atoms with van der Waals surface area (Å²) in [5.74, 6) is -0.0320. The number of nitrogens with one attached hydrogen (secondary N) is 2. The Kier molecular flexibility index (Phi) is 7.13. The second-order valence-electron chi connectivity index (χ2n) is 8.33. The van der Waals surface area contributed by atoms with Gasteiger partial charge in [0.2, 0.25) is 23.7 Å². The van der Waals surface area contributed by atoms with Gasteiger partial charge in [-0.15, -0.1) is 0 Å². The van der Waals surface area contributed by atoms with E-state index in [1.807, 2.05) is 25.1 Å². The quantitative estimate of drug-likeness (QED) is 0.648. The van der Waals surface area contributed by atoms with E-state index in [2.05, 4.69) is 30.4 Å². The van der Waals surface area contributed by atoms with Crippen molar-refractivity contribution in [2.75, 3.05) is 56.0 Å². The molecule has 2 aromatic rings. The van der Waals surface area contributed by atoms with Gasteiger partial charge in [0.05, 0.1) is 13.0 Å². The molecular formula is C23H29N7O3. The number of rotatable bonds is 6. The van der Waals surface area contributed by atoms with Crippen LogP contribution in [0.15, 0.2) is 42.7 Å². The van der Waals surface area contributed by atoms with E-state index in [0.717, 1.165) is 18.7 Å². The standard InChI is InChI=1S/C23H29N7O3/c1-17-4-2-5-18(14-17)27-20(31)15-19-22(33)24-8-9-30(19)21(32)16-28-10-12-29(13-11-28)23-25-6-3-7-26-23/h2-7,14,19H,8-13,15-16H2,1H3,(H,24,33)(H,27,31)/t19-/m1/s1. The van der Waals surface area contributed by atoms with E-state index in [0.29, 0.717) is 37.8 Å². The third-order valence-electron chi connectivity index (χ3n) is 5.90. The molecule has 0 aliphatic carbocycles. The molecule has 2 aliphatic heterocycles. The average molecular weight is 452 g/mol. The van der Waals surface area contributed by atoms with Gasteiger partial charge in [-0.05, 0) is 30.7 Å². The molecule has 0 spiro atoms. The molecule has 2 fully saturated rings. The maximum Gasteiger partial charge on any atom is 0.243 e. The van der Waals surface area contributed by atoms with E-state index in [1.165, 1.54) is 0 Å². The van der Waals surface area contributed by atoms with Crippen LogP contribution in [0, 0.1) is 6.92 Å². The van der Waals surface area contributed by atoms with E-state index in [-0.39, 0.29) is 30.7 Å². The molecule has 0 bridgehead atoms. The van der Waals surface area contributed by atoms with Gasteiger partial charge in [0.15, 0.2) is 0 Å². The Morgan fingerprint density at radius 3 is 2.58 bits per heavy atom. The predicted octanol–water partition coefficient (Wildman–Crippen LogP) is 0.263. The molecular weight excluding hydrogens is 422 g/mol. The zero-order valence-electron chi connectivity index (χ0n) is 18.7. The molecule has 0 unspecified atom stereocenters. The maximum atomic E-state index is 13.1. The molecule has 4 rings (SSSR count). The van der Waals surface area contributed by atoms with Crippen LogP contribution in [0.1, 0.15) is 12.0 Å². The van der Waals surface area contributed by atoms with Crippen LogP contribution >= 0.6 is 0 Å². The van der Waals surface area contributed by atoms with Gasteiger partial charge in [0, 0.05) is 57.3 Å². The summed E-state index contributed by atoms with van der Waals surface area (Å²) in [5.41, 5.74) is 1.70. The molecule has 3 heterocycles. The summed E-state index contributed by atoms with van der Waals surface area (Å²) in [7, 11) is 0. The van der Waals surface area contributed by atoms with Gasteiger partial charge in [0.25, 0.3) is 0 Å². The summed E-state index contributed by atoms with van der Waals surface area (Å²) >= 11 is 0. The molecule has 10 nitrogen and oxygen atoms in total. The summed E-state index contributed by atoms with van der Waals surface area (Å²) in [5, 5.41) is 5.60. The van der Waals surface area contributed by atoms with Crippen molar-refractivity contribution in [2.45, 2.75) is 19.4 Å². The number of hydrogen-bond acceptors (Lipinski definition) is 7. The topological polar surface area (TPSA) is 111 Å². The Morgan fingerprint density at radius 1 is 1.09 bits per heavy atom. The maximum absolute atomic E-state index is 13.1. The summed E-state index contributed by atoms with van der Waals surface area (Å²) in [6, 6.07) is 8.44. The van der Waals surface area contributed by atoms with Crippen LogP contribution in [-0.2, 0) is 14.4 Å². The molecule has 0 radical (unpaired) electrons. The first-order valence-corrected chi connectivity index (χ1v) is 11.2. The van der Waals surface area contributed by atoms with Crippen LogP contribution in [0.2, 0.25) is 0 Å². The third kappa shape index (κ3) is 5.83. The monoisotopic (exact) mass is 451 g/mol. The van der Waals surface area contributed by atoms with Crippen molar-refractivity contribution in [3.8, 4) is 0 Å². The van der Waals surface area contributed by atoms with Crippen LogP contribution in [0.3, 0.4) is 0 Å². The number of aromatic nitrogens is 2. The van der Waals surface area contributed by atoms with Gasteiger partial charge in [-0.3, -0.25) is 19.3 Å². The smallest absolute Gasteiger partial charge is 0.243 e. The molecule has 2 aliphatic rings. The van der Waals surface area contributed by atoms with E-state index < -0.39 is 6.04 Å². The first-order valence-electron chi connectivity index (χ1n) is 11.2. The zero-order chi connectivity index (χ0) is 23.2. The lowest BCUT2D eigenvalue weighted by atomic mass is 10.1. The molecule has 1 aromatic carbocycles. The Balaban J connectivity index is 1.32. The fourth-order valence-electron chi connectivity index (χ4n) is 4.17. The molecule has 2 N–H and O–H groups in total. The Hall–Kier alpha value is -3.53. The minimum absolute atomic E-state index is 0.0787. The van der Waals surface area contributed by atoms with Crippen LogP contribution in [0.4, 0.5) is 11.6 Å². The highest BCUT2D eigenvalue weighted by molar-refractivity contribution is 5.97. The predicted molar refractivity (Wildman–Crippen MR) is 124 cm³/mol. The van der Waals surface area contributed by atoms with Gasteiger partial charge in [0.1, 0.15) is 6.04 Å². The molecule has 2 saturated heterocycles. The second-order valence-corrected chi connectivity index (χ2v) is 8.33. The summed E-state index contributed by atoms with van der Waals surface area (Å²) in [6.07, 6.45) is 3.36. The molecule has 1 atom stereocenters. The minimum Gasteiger partial charge on any atom is -0.353 e. The number of piperazine rings is 2. The number of carbonyl (C=O) groups excluding carboxylic acids is 3. The van der Waals surface area contributed by atoms with E-state index >= 15 is 0 Å². The van der Waals surface area contributed by atoms with Crippen molar-refractivity contribution >= 4 is 29.4 Å². The van der Waals surface area contributed by atoms with Crippen molar-refractivity contribution in [1.29, 1.82) is 0 Å². The lowest BCUT2D eigenvalue weighted by Gasteiger charge is -2.38. The normalized spacial score (nSPS) is 19.2. The lowest BCUT2D eigenvalue weighted by Crippen LogP contribution is -2.60. The Morgan fingerprint density at radius 2 is 1.85 bits per heavy atom. The highest BCUT2D eigenvalue weighted by atomic mass is 16.2. The van der Waals surface area contributed by atoms with Crippen molar-refractivity contribution < 1.29 is 14.4 Å². The van der Waals surface area contributed by atoms with Gasteiger partial charge in [-0.2, -0.15) is 0 Å². The number of aryl methyl sites for hydroxylation is 1. The van der Waals surface area contributed by atoms with Crippen molar-refractivity contribution in [3.05, 3.63) is 48.3 Å². The molecule has 0 saturated carbocycles.